The molecule has 1 amide bonds. The molecule has 3 rings (SSSR count). The second kappa shape index (κ2) is 11.8. The molecule has 0 atom stereocenters. The van der Waals surface area contributed by atoms with Crippen LogP contribution in [-0.2, 0) is 15.8 Å². The molecule has 0 aromatic heterocycles. The van der Waals surface area contributed by atoms with Crippen LogP contribution in [0.2, 0.25) is 5.02 Å². The summed E-state index contributed by atoms with van der Waals surface area (Å²) < 4.78 is 27.0. The molecule has 0 spiro atoms. The van der Waals surface area contributed by atoms with Gasteiger partial charge >= 0.3 is 0 Å². The predicted molar refractivity (Wildman–Crippen MR) is 140 cm³/mol. The number of hydrogen-bond acceptors (Lipinski definition) is 5. The Balaban J connectivity index is 1.52. The van der Waals surface area contributed by atoms with Crippen LogP contribution in [0.25, 0.3) is 0 Å². The summed E-state index contributed by atoms with van der Waals surface area (Å²) in [6.45, 7) is 0.534. The minimum absolute atomic E-state index is 0.192. The molecule has 0 aliphatic carbocycles. The van der Waals surface area contributed by atoms with Gasteiger partial charge in [-0.05, 0) is 72.5 Å². The van der Waals surface area contributed by atoms with E-state index < -0.39 is 10.0 Å². The monoisotopic (exact) mass is 520 g/mol. The van der Waals surface area contributed by atoms with Crippen molar-refractivity contribution in [1.29, 1.82) is 0 Å². The molecule has 0 radical (unpaired) electrons. The molecule has 0 heterocycles. The Labute approximate surface area is 209 Å². The highest BCUT2D eigenvalue weighted by molar-refractivity contribution is 7.98. The smallest absolute Gasteiger partial charge is 0.264 e. The van der Waals surface area contributed by atoms with Crippen molar-refractivity contribution in [3.05, 3.63) is 88.9 Å². The molecule has 0 aliphatic rings. The molecule has 0 saturated carbocycles. The van der Waals surface area contributed by atoms with E-state index in [2.05, 4.69) is 5.32 Å². The summed E-state index contributed by atoms with van der Waals surface area (Å²) in [6, 6.07) is 21.0. The van der Waals surface area contributed by atoms with Crippen molar-refractivity contribution in [3.63, 3.8) is 0 Å². The molecule has 0 bridgehead atoms. The van der Waals surface area contributed by atoms with Crippen LogP contribution >= 0.6 is 35.1 Å². The first-order chi connectivity index (χ1) is 15.8. The Morgan fingerprint density at radius 3 is 2.36 bits per heavy atom. The number of amides is 1. The molecule has 3 aromatic rings. The lowest BCUT2D eigenvalue weighted by molar-refractivity contribution is 0.0956. The van der Waals surface area contributed by atoms with Crippen LogP contribution in [0.5, 0.6) is 0 Å². The normalized spacial score (nSPS) is 11.2. The number of rotatable bonds is 10. The number of halogens is 1. The van der Waals surface area contributed by atoms with E-state index in [-0.39, 0.29) is 10.8 Å². The van der Waals surface area contributed by atoms with Gasteiger partial charge in [-0.3, -0.25) is 9.10 Å². The number of carbonyl (C=O) groups is 1. The number of hydrogen-bond donors (Lipinski definition) is 1. The summed E-state index contributed by atoms with van der Waals surface area (Å²) in [5.74, 6) is 1.40. The molecular formula is C24H25ClN2O3S3. The zero-order valence-corrected chi connectivity index (χ0v) is 21.5. The summed E-state index contributed by atoms with van der Waals surface area (Å²) >= 11 is 9.25. The fourth-order valence-electron chi connectivity index (χ4n) is 3.02. The molecule has 0 fully saturated rings. The van der Waals surface area contributed by atoms with E-state index in [4.69, 9.17) is 11.6 Å². The summed E-state index contributed by atoms with van der Waals surface area (Å²) in [4.78, 5) is 13.6. The van der Waals surface area contributed by atoms with Gasteiger partial charge in [-0.1, -0.05) is 23.7 Å². The zero-order valence-electron chi connectivity index (χ0n) is 18.3. The predicted octanol–water partition coefficient (Wildman–Crippen LogP) is 5.55. The Hall–Kier alpha value is -2.13. The SMILES string of the molecule is CSc1ccc(S(=O)(=O)N(C)c2ccc(C(=O)NCCSCc3cccc(Cl)c3)cc2)cc1. The minimum Gasteiger partial charge on any atom is -0.351 e. The standard InChI is InChI=1S/C24H25ClN2O3S3/c1-27(33(29,30)23-12-10-22(31-2)11-13-23)21-8-6-19(7-9-21)24(28)26-14-15-32-17-18-4-3-5-20(25)16-18/h3-13,16H,14-15,17H2,1-2H3,(H,26,28). The highest BCUT2D eigenvalue weighted by Gasteiger charge is 2.21. The van der Waals surface area contributed by atoms with Gasteiger partial charge in [0.25, 0.3) is 15.9 Å². The third kappa shape index (κ3) is 6.93. The van der Waals surface area contributed by atoms with Gasteiger partial charge in [0.15, 0.2) is 0 Å². The number of nitrogens with one attached hydrogen (secondary N) is 1. The van der Waals surface area contributed by atoms with Crippen molar-refractivity contribution in [2.75, 3.05) is 29.9 Å². The van der Waals surface area contributed by atoms with E-state index in [9.17, 15) is 13.2 Å². The van der Waals surface area contributed by atoms with Gasteiger partial charge in [0.1, 0.15) is 0 Å². The highest BCUT2D eigenvalue weighted by atomic mass is 35.5. The van der Waals surface area contributed by atoms with E-state index in [0.29, 0.717) is 17.8 Å². The third-order valence-corrected chi connectivity index (χ3v) is 8.71. The van der Waals surface area contributed by atoms with Gasteiger partial charge in [0, 0.05) is 40.6 Å². The lowest BCUT2D eigenvalue weighted by Gasteiger charge is -2.20. The van der Waals surface area contributed by atoms with E-state index in [1.165, 1.54) is 11.4 Å². The quantitative estimate of drug-likeness (QED) is 0.280. The van der Waals surface area contributed by atoms with Crippen LogP contribution in [0.15, 0.2) is 82.6 Å². The minimum atomic E-state index is -3.68. The van der Waals surface area contributed by atoms with Gasteiger partial charge in [-0.25, -0.2) is 8.42 Å². The number of thioether (sulfide) groups is 2. The zero-order chi connectivity index (χ0) is 23.8. The molecule has 0 saturated heterocycles. The molecule has 0 unspecified atom stereocenters. The highest BCUT2D eigenvalue weighted by Crippen LogP contribution is 2.24. The van der Waals surface area contributed by atoms with Gasteiger partial charge in [0.05, 0.1) is 10.6 Å². The lowest BCUT2D eigenvalue weighted by atomic mass is 10.2. The summed E-state index contributed by atoms with van der Waals surface area (Å²) in [6.07, 6.45) is 1.94. The largest absolute Gasteiger partial charge is 0.351 e. The van der Waals surface area contributed by atoms with Crippen molar-refractivity contribution >= 4 is 56.7 Å². The molecule has 33 heavy (non-hydrogen) atoms. The van der Waals surface area contributed by atoms with Crippen molar-refractivity contribution in [2.45, 2.75) is 15.5 Å². The molecule has 9 heteroatoms. The molecular weight excluding hydrogens is 496 g/mol. The molecule has 0 aliphatic heterocycles. The maximum atomic E-state index is 12.9. The average molecular weight is 521 g/mol. The van der Waals surface area contributed by atoms with E-state index >= 15 is 0 Å². The second-order valence-electron chi connectivity index (χ2n) is 7.13. The Morgan fingerprint density at radius 2 is 1.73 bits per heavy atom. The fourth-order valence-corrected chi connectivity index (χ4v) is 5.65. The first-order valence-corrected chi connectivity index (χ1v) is 14.3. The Morgan fingerprint density at radius 1 is 1.03 bits per heavy atom. The molecule has 1 N–H and O–H groups in total. The van der Waals surface area contributed by atoms with Crippen LogP contribution < -0.4 is 9.62 Å². The lowest BCUT2D eigenvalue weighted by Crippen LogP contribution is -2.27. The van der Waals surface area contributed by atoms with Crippen molar-refractivity contribution in [1.82, 2.24) is 5.32 Å². The van der Waals surface area contributed by atoms with Crippen molar-refractivity contribution in [2.24, 2.45) is 0 Å². The molecule has 5 nitrogen and oxygen atoms in total. The van der Waals surface area contributed by atoms with Crippen LogP contribution in [0.1, 0.15) is 15.9 Å². The first-order valence-electron chi connectivity index (χ1n) is 10.1. The fraction of sp³-hybridized carbons (Fsp3) is 0.208. The van der Waals surface area contributed by atoms with E-state index in [1.54, 1.807) is 72.1 Å². The van der Waals surface area contributed by atoms with Gasteiger partial charge in [-0.15, -0.1) is 11.8 Å². The first kappa shape index (κ1) is 25.5. The average Bonchev–Trinajstić information content (AvgIpc) is 2.83. The van der Waals surface area contributed by atoms with Crippen LogP contribution in [0.4, 0.5) is 5.69 Å². The van der Waals surface area contributed by atoms with Crippen LogP contribution in [0, 0.1) is 0 Å². The van der Waals surface area contributed by atoms with E-state index in [1.807, 2.05) is 30.5 Å². The topological polar surface area (TPSA) is 66.5 Å². The summed E-state index contributed by atoms with van der Waals surface area (Å²) in [5.41, 5.74) is 2.11. The van der Waals surface area contributed by atoms with Crippen molar-refractivity contribution < 1.29 is 13.2 Å². The number of anilines is 1. The second-order valence-corrected chi connectivity index (χ2v) is 11.5. The molecule has 3 aromatic carbocycles. The maximum Gasteiger partial charge on any atom is 0.264 e. The number of nitrogens with zero attached hydrogens (tertiary/aromatic N) is 1. The third-order valence-electron chi connectivity index (χ3n) is 4.90. The van der Waals surface area contributed by atoms with Gasteiger partial charge in [-0.2, -0.15) is 11.8 Å². The number of benzene rings is 3. The Kier molecular flexibility index (Phi) is 9.14. The van der Waals surface area contributed by atoms with Crippen molar-refractivity contribution in [3.8, 4) is 0 Å². The summed E-state index contributed by atoms with van der Waals surface area (Å²) in [5, 5.41) is 3.61. The Bertz CT molecular complexity index is 1180. The summed E-state index contributed by atoms with van der Waals surface area (Å²) in [7, 11) is -2.18. The van der Waals surface area contributed by atoms with Gasteiger partial charge < -0.3 is 5.32 Å². The van der Waals surface area contributed by atoms with Gasteiger partial charge in [0.2, 0.25) is 0 Å². The molecule has 174 valence electrons. The van der Waals surface area contributed by atoms with Crippen LogP contribution in [-0.4, -0.2) is 39.9 Å². The van der Waals surface area contributed by atoms with E-state index in [0.717, 1.165) is 27.0 Å². The maximum absolute atomic E-state index is 12.9. The number of carbonyl (C=O) groups excluding carboxylic acids is 1. The van der Waals surface area contributed by atoms with Crippen LogP contribution in [0.3, 0.4) is 0 Å². The number of sulfonamides is 1.